The molecule has 0 radical (unpaired) electrons. The average molecular weight is 417 g/mol. The summed E-state index contributed by atoms with van der Waals surface area (Å²) < 4.78 is 5.23. The maximum atomic E-state index is 12.2. The molecular formula is C20H20N2O4S2. The maximum Gasteiger partial charge on any atom is 0.309 e. The monoisotopic (exact) mass is 416 g/mol. The highest BCUT2D eigenvalue weighted by Gasteiger charge is 2.34. The van der Waals surface area contributed by atoms with Gasteiger partial charge < -0.3 is 20.5 Å². The molecule has 0 saturated carbocycles. The third-order valence-corrected chi connectivity index (χ3v) is 5.97. The Bertz CT molecular complexity index is 889. The molecule has 0 saturated heterocycles. The van der Waals surface area contributed by atoms with Crippen LogP contribution in [0.15, 0.2) is 58.6 Å². The molecule has 2 amide bonds. The second-order valence-electron chi connectivity index (χ2n) is 6.03. The van der Waals surface area contributed by atoms with E-state index in [9.17, 15) is 14.7 Å². The number of hydrogen-bond acceptors (Lipinski definition) is 6. The standard InChI is InChI=1S/C20H20N2O4S2/c1-26-16-6-3-2-5-14(16)11-21-18(23)19(24)22-13-20(25,15-8-10-27-12-15)17-7-4-9-28-17/h2-10,12,25H,11,13H2,1H3,(H,21,23)(H,22,24)/t20-/m1/s1. The fourth-order valence-electron chi connectivity index (χ4n) is 2.74. The van der Waals surface area contributed by atoms with Gasteiger partial charge in [0, 0.05) is 22.5 Å². The van der Waals surface area contributed by atoms with Gasteiger partial charge in [-0.15, -0.1) is 11.3 Å². The van der Waals surface area contributed by atoms with E-state index < -0.39 is 17.4 Å². The van der Waals surface area contributed by atoms with Gasteiger partial charge in [-0.05, 0) is 34.3 Å². The third kappa shape index (κ3) is 4.41. The molecule has 146 valence electrons. The zero-order chi connectivity index (χ0) is 20.0. The molecule has 0 aliphatic carbocycles. The Hall–Kier alpha value is -2.68. The summed E-state index contributed by atoms with van der Waals surface area (Å²) in [6.45, 7) is 0.0567. The smallest absolute Gasteiger partial charge is 0.309 e. The van der Waals surface area contributed by atoms with E-state index >= 15 is 0 Å². The van der Waals surface area contributed by atoms with Crippen molar-refractivity contribution in [3.63, 3.8) is 0 Å². The molecular weight excluding hydrogens is 396 g/mol. The quantitative estimate of drug-likeness (QED) is 0.517. The van der Waals surface area contributed by atoms with Crippen LogP contribution < -0.4 is 15.4 Å². The molecule has 2 aromatic heterocycles. The third-order valence-electron chi connectivity index (χ3n) is 4.27. The van der Waals surface area contributed by atoms with Crippen molar-refractivity contribution in [3.8, 4) is 5.75 Å². The van der Waals surface area contributed by atoms with Crippen molar-refractivity contribution in [1.29, 1.82) is 0 Å². The summed E-state index contributed by atoms with van der Waals surface area (Å²) in [5, 5.41) is 21.8. The Morgan fingerprint density at radius 1 is 1.07 bits per heavy atom. The van der Waals surface area contributed by atoms with Crippen LogP contribution in [0, 0.1) is 0 Å². The fraction of sp³-hybridized carbons (Fsp3) is 0.200. The van der Waals surface area contributed by atoms with Gasteiger partial charge in [-0.2, -0.15) is 11.3 Å². The molecule has 28 heavy (non-hydrogen) atoms. The van der Waals surface area contributed by atoms with Gasteiger partial charge in [0.05, 0.1) is 13.7 Å². The van der Waals surface area contributed by atoms with Crippen molar-refractivity contribution in [1.82, 2.24) is 10.6 Å². The number of carbonyl (C=O) groups is 2. The summed E-state index contributed by atoms with van der Waals surface area (Å²) in [6, 6.07) is 12.7. The highest BCUT2D eigenvalue weighted by molar-refractivity contribution is 7.10. The van der Waals surface area contributed by atoms with Gasteiger partial charge in [0.2, 0.25) is 0 Å². The second kappa shape index (κ2) is 9.01. The Labute approximate surface area is 170 Å². The van der Waals surface area contributed by atoms with Gasteiger partial charge in [0.1, 0.15) is 11.4 Å². The lowest BCUT2D eigenvalue weighted by Gasteiger charge is -2.26. The first kappa shape index (κ1) is 20.1. The normalized spacial score (nSPS) is 12.8. The van der Waals surface area contributed by atoms with E-state index in [2.05, 4.69) is 10.6 Å². The molecule has 1 atom stereocenters. The Kier molecular flexibility index (Phi) is 6.45. The Balaban J connectivity index is 1.62. The van der Waals surface area contributed by atoms with Crippen LogP contribution >= 0.6 is 22.7 Å². The number of benzene rings is 1. The first-order valence-electron chi connectivity index (χ1n) is 8.51. The van der Waals surface area contributed by atoms with Gasteiger partial charge in [0.25, 0.3) is 0 Å². The number of thiophene rings is 2. The van der Waals surface area contributed by atoms with Crippen LogP contribution in [0.3, 0.4) is 0 Å². The number of amides is 2. The molecule has 3 aromatic rings. The zero-order valence-electron chi connectivity index (χ0n) is 15.2. The zero-order valence-corrected chi connectivity index (χ0v) is 16.8. The van der Waals surface area contributed by atoms with Gasteiger partial charge in [-0.3, -0.25) is 9.59 Å². The summed E-state index contributed by atoms with van der Waals surface area (Å²) >= 11 is 2.84. The van der Waals surface area contributed by atoms with E-state index in [0.717, 1.165) is 5.56 Å². The lowest BCUT2D eigenvalue weighted by atomic mass is 9.94. The molecule has 0 aliphatic heterocycles. The van der Waals surface area contributed by atoms with E-state index in [0.29, 0.717) is 16.2 Å². The van der Waals surface area contributed by atoms with Gasteiger partial charge >= 0.3 is 11.8 Å². The Morgan fingerprint density at radius 2 is 1.86 bits per heavy atom. The van der Waals surface area contributed by atoms with Crippen LogP contribution in [0.5, 0.6) is 5.75 Å². The predicted octanol–water partition coefficient (Wildman–Crippen LogP) is 2.49. The van der Waals surface area contributed by atoms with Crippen LogP contribution in [0.1, 0.15) is 16.0 Å². The Morgan fingerprint density at radius 3 is 2.54 bits per heavy atom. The first-order chi connectivity index (χ1) is 13.5. The lowest BCUT2D eigenvalue weighted by molar-refractivity contribution is -0.139. The molecule has 8 heteroatoms. The van der Waals surface area contributed by atoms with Crippen molar-refractivity contribution in [2.24, 2.45) is 0 Å². The summed E-state index contributed by atoms with van der Waals surface area (Å²) in [7, 11) is 1.54. The molecule has 0 unspecified atom stereocenters. The number of carbonyl (C=O) groups excluding carboxylic acids is 2. The molecule has 3 rings (SSSR count). The van der Waals surface area contributed by atoms with Crippen molar-refractivity contribution >= 4 is 34.5 Å². The van der Waals surface area contributed by atoms with Gasteiger partial charge in [-0.25, -0.2) is 0 Å². The van der Waals surface area contributed by atoms with Crippen molar-refractivity contribution in [2.75, 3.05) is 13.7 Å². The van der Waals surface area contributed by atoms with Crippen LogP contribution in [0.2, 0.25) is 0 Å². The summed E-state index contributed by atoms with van der Waals surface area (Å²) in [6.07, 6.45) is 0. The maximum absolute atomic E-state index is 12.2. The minimum absolute atomic E-state index is 0.106. The molecule has 1 aromatic carbocycles. The predicted molar refractivity (Wildman–Crippen MR) is 109 cm³/mol. The minimum atomic E-state index is -1.38. The molecule has 6 nitrogen and oxygen atoms in total. The van der Waals surface area contributed by atoms with Crippen LogP contribution in [0.4, 0.5) is 0 Å². The topological polar surface area (TPSA) is 87.7 Å². The summed E-state index contributed by atoms with van der Waals surface area (Å²) in [5.41, 5.74) is 0.0569. The van der Waals surface area contributed by atoms with Crippen molar-refractivity contribution < 1.29 is 19.4 Å². The number of hydrogen-bond donors (Lipinski definition) is 3. The van der Waals surface area contributed by atoms with Crippen molar-refractivity contribution in [3.05, 3.63) is 74.6 Å². The molecule has 3 N–H and O–H groups in total. The van der Waals surface area contributed by atoms with E-state index in [1.165, 1.54) is 22.7 Å². The second-order valence-corrected chi connectivity index (χ2v) is 7.75. The van der Waals surface area contributed by atoms with E-state index in [1.54, 1.807) is 25.3 Å². The van der Waals surface area contributed by atoms with Gasteiger partial charge in [0.15, 0.2) is 0 Å². The largest absolute Gasteiger partial charge is 0.496 e. The van der Waals surface area contributed by atoms with Crippen LogP contribution in [-0.2, 0) is 21.7 Å². The van der Waals surface area contributed by atoms with Crippen molar-refractivity contribution in [2.45, 2.75) is 12.1 Å². The number of para-hydroxylation sites is 1. The molecule has 0 spiro atoms. The summed E-state index contributed by atoms with van der Waals surface area (Å²) in [4.78, 5) is 25.1. The fourth-order valence-corrected chi connectivity index (χ4v) is 4.31. The lowest BCUT2D eigenvalue weighted by Crippen LogP contribution is -2.46. The summed E-state index contributed by atoms with van der Waals surface area (Å²) in [5.74, 6) is -0.947. The molecule has 2 heterocycles. The minimum Gasteiger partial charge on any atom is -0.496 e. The SMILES string of the molecule is COc1ccccc1CNC(=O)C(=O)NC[C@@](O)(c1ccsc1)c1cccs1. The number of rotatable bonds is 7. The first-order valence-corrected chi connectivity index (χ1v) is 10.3. The van der Waals surface area contributed by atoms with Crippen LogP contribution in [0.25, 0.3) is 0 Å². The number of methoxy groups -OCH3 is 1. The van der Waals surface area contributed by atoms with Gasteiger partial charge in [-0.1, -0.05) is 24.3 Å². The molecule has 0 fully saturated rings. The molecule has 0 aliphatic rings. The number of ether oxygens (including phenoxy) is 1. The average Bonchev–Trinajstić information content (AvgIpc) is 3.44. The van der Waals surface area contributed by atoms with E-state index in [1.807, 2.05) is 40.4 Å². The molecule has 0 bridgehead atoms. The van der Waals surface area contributed by atoms with E-state index in [-0.39, 0.29) is 13.1 Å². The van der Waals surface area contributed by atoms with Crippen LogP contribution in [-0.4, -0.2) is 30.6 Å². The highest BCUT2D eigenvalue weighted by atomic mass is 32.1. The number of aliphatic hydroxyl groups is 1. The van der Waals surface area contributed by atoms with E-state index in [4.69, 9.17) is 4.74 Å². The number of nitrogens with one attached hydrogen (secondary N) is 2. The highest BCUT2D eigenvalue weighted by Crippen LogP contribution is 2.33.